The van der Waals surface area contributed by atoms with Crippen LogP contribution < -0.4 is 0 Å². The molecule has 0 aliphatic rings. The van der Waals surface area contributed by atoms with Crippen molar-refractivity contribution in [1.82, 2.24) is 0 Å². The summed E-state index contributed by atoms with van der Waals surface area (Å²) in [5.74, 6) is 0. The van der Waals surface area contributed by atoms with Crippen molar-refractivity contribution in [3.05, 3.63) is 34.2 Å². The van der Waals surface area contributed by atoms with Crippen LogP contribution in [-0.4, -0.2) is 0 Å². The van der Waals surface area contributed by atoms with Crippen LogP contribution in [0.3, 0.4) is 0 Å². The second kappa shape index (κ2) is 3.36. The van der Waals surface area contributed by atoms with Crippen molar-refractivity contribution in [2.24, 2.45) is 0 Å². The molecule has 1 aromatic heterocycles. The zero-order valence-corrected chi connectivity index (χ0v) is 9.34. The number of hydrogen-bond donors (Lipinski definition) is 0. The van der Waals surface area contributed by atoms with E-state index in [9.17, 15) is 0 Å². The molecule has 0 radical (unpaired) electrons. The third-order valence-corrected chi connectivity index (χ3v) is 3.90. The second-order valence-electron chi connectivity index (χ2n) is 2.51. The Balaban J connectivity index is 2.81. The van der Waals surface area contributed by atoms with E-state index in [0.717, 1.165) is 10.4 Å². The quantitative estimate of drug-likeness (QED) is 0.665. The Morgan fingerprint density at radius 1 is 1.42 bits per heavy atom. The van der Waals surface area contributed by atoms with E-state index in [1.165, 1.54) is 15.6 Å². The van der Waals surface area contributed by atoms with Gasteiger partial charge in [0.05, 0.1) is 5.02 Å². The molecule has 12 heavy (non-hydrogen) atoms. The lowest BCUT2D eigenvalue weighted by molar-refractivity contribution is 1.51. The Morgan fingerprint density at radius 2 is 2.25 bits per heavy atom. The molecule has 62 valence electrons. The Hall–Kier alpha value is -0.0500. The number of alkyl halides is 1. The number of hydrogen-bond acceptors (Lipinski definition) is 1. The van der Waals surface area contributed by atoms with Crippen LogP contribution in [0.25, 0.3) is 10.1 Å². The van der Waals surface area contributed by atoms with Gasteiger partial charge in [0.15, 0.2) is 0 Å². The Labute approximate surface area is 88.3 Å². The van der Waals surface area contributed by atoms with Gasteiger partial charge < -0.3 is 0 Å². The lowest BCUT2D eigenvalue weighted by Crippen LogP contribution is -1.75. The Kier molecular flexibility index (Phi) is 2.40. The fourth-order valence-electron chi connectivity index (χ4n) is 1.19. The van der Waals surface area contributed by atoms with E-state index in [1.54, 1.807) is 11.3 Å². The van der Waals surface area contributed by atoms with Crippen LogP contribution in [0.4, 0.5) is 0 Å². The zero-order chi connectivity index (χ0) is 8.55. The third-order valence-electron chi connectivity index (χ3n) is 1.78. The van der Waals surface area contributed by atoms with Crippen molar-refractivity contribution < 1.29 is 0 Å². The molecule has 0 unspecified atom stereocenters. The largest absolute Gasteiger partial charge is 0.142 e. The SMILES string of the molecule is Clc1csc2c(CBr)cccc12. The average Bonchev–Trinajstić information content (AvgIpc) is 2.48. The number of thiophene rings is 1. The summed E-state index contributed by atoms with van der Waals surface area (Å²) in [6.45, 7) is 0. The van der Waals surface area contributed by atoms with Crippen molar-refractivity contribution >= 4 is 49.0 Å². The molecule has 2 aromatic rings. The fourth-order valence-corrected chi connectivity index (χ4v) is 3.14. The highest BCUT2D eigenvalue weighted by Crippen LogP contribution is 2.32. The van der Waals surface area contributed by atoms with Gasteiger partial charge >= 0.3 is 0 Å². The first kappa shape index (κ1) is 8.54. The minimum Gasteiger partial charge on any atom is -0.142 e. The molecular weight excluding hydrogens is 256 g/mol. The molecule has 0 nitrogen and oxygen atoms in total. The summed E-state index contributed by atoms with van der Waals surface area (Å²) < 4.78 is 1.29. The summed E-state index contributed by atoms with van der Waals surface area (Å²) in [7, 11) is 0. The lowest BCUT2D eigenvalue weighted by atomic mass is 10.2. The normalized spacial score (nSPS) is 10.8. The molecule has 0 fully saturated rings. The standard InChI is InChI=1S/C9H6BrClS/c10-4-6-2-1-3-7-8(11)5-12-9(6)7/h1-3,5H,4H2. The van der Waals surface area contributed by atoms with E-state index in [-0.39, 0.29) is 0 Å². The third kappa shape index (κ3) is 1.28. The first-order chi connectivity index (χ1) is 5.83. The number of fused-ring (bicyclic) bond motifs is 1. The van der Waals surface area contributed by atoms with Crippen molar-refractivity contribution in [1.29, 1.82) is 0 Å². The highest BCUT2D eigenvalue weighted by molar-refractivity contribution is 9.08. The maximum atomic E-state index is 6.00. The summed E-state index contributed by atoms with van der Waals surface area (Å²) in [6, 6.07) is 6.21. The van der Waals surface area contributed by atoms with Crippen LogP contribution in [-0.2, 0) is 5.33 Å². The van der Waals surface area contributed by atoms with Crippen molar-refractivity contribution in [2.75, 3.05) is 0 Å². The first-order valence-electron chi connectivity index (χ1n) is 3.53. The average molecular weight is 262 g/mol. The van der Waals surface area contributed by atoms with Crippen LogP contribution >= 0.6 is 38.9 Å². The van der Waals surface area contributed by atoms with Gasteiger partial charge in [-0.3, -0.25) is 0 Å². The molecule has 1 aromatic carbocycles. The fraction of sp³-hybridized carbons (Fsp3) is 0.111. The van der Waals surface area contributed by atoms with Gasteiger partial charge in [0, 0.05) is 20.8 Å². The van der Waals surface area contributed by atoms with Crippen LogP contribution in [0.5, 0.6) is 0 Å². The minimum atomic E-state index is 0.859. The maximum Gasteiger partial charge on any atom is 0.0591 e. The number of benzene rings is 1. The molecule has 0 spiro atoms. The monoisotopic (exact) mass is 260 g/mol. The van der Waals surface area contributed by atoms with E-state index in [1.807, 2.05) is 11.4 Å². The van der Waals surface area contributed by atoms with Crippen LogP contribution in [0, 0.1) is 0 Å². The lowest BCUT2D eigenvalue weighted by Gasteiger charge is -1.96. The molecule has 0 aliphatic carbocycles. The van der Waals surface area contributed by atoms with Gasteiger partial charge in [0.2, 0.25) is 0 Å². The van der Waals surface area contributed by atoms with E-state index in [2.05, 4.69) is 28.1 Å². The highest BCUT2D eigenvalue weighted by atomic mass is 79.9. The van der Waals surface area contributed by atoms with Crippen molar-refractivity contribution in [3.63, 3.8) is 0 Å². The molecule has 3 heteroatoms. The van der Waals surface area contributed by atoms with Gasteiger partial charge in [-0.05, 0) is 5.56 Å². The van der Waals surface area contributed by atoms with Gasteiger partial charge in [0.25, 0.3) is 0 Å². The van der Waals surface area contributed by atoms with Crippen LogP contribution in [0.15, 0.2) is 23.6 Å². The predicted molar refractivity (Wildman–Crippen MR) is 59.5 cm³/mol. The molecule has 0 amide bonds. The second-order valence-corrected chi connectivity index (χ2v) is 4.36. The molecule has 0 saturated carbocycles. The predicted octanol–water partition coefficient (Wildman–Crippen LogP) is 4.45. The molecule has 0 bridgehead atoms. The van der Waals surface area contributed by atoms with Crippen LogP contribution in [0.2, 0.25) is 5.02 Å². The van der Waals surface area contributed by atoms with Gasteiger partial charge in [-0.25, -0.2) is 0 Å². The summed E-state index contributed by atoms with van der Waals surface area (Å²) >= 11 is 11.2. The number of halogens is 2. The van der Waals surface area contributed by atoms with Gasteiger partial charge in [-0.15, -0.1) is 11.3 Å². The van der Waals surface area contributed by atoms with Gasteiger partial charge in [0.1, 0.15) is 0 Å². The molecule has 1 heterocycles. The van der Waals surface area contributed by atoms with E-state index < -0.39 is 0 Å². The van der Waals surface area contributed by atoms with Gasteiger partial charge in [-0.1, -0.05) is 45.7 Å². The van der Waals surface area contributed by atoms with E-state index >= 15 is 0 Å². The molecule has 2 rings (SSSR count). The maximum absolute atomic E-state index is 6.00. The van der Waals surface area contributed by atoms with Crippen molar-refractivity contribution in [2.45, 2.75) is 5.33 Å². The summed E-state index contributed by atoms with van der Waals surface area (Å²) in [4.78, 5) is 0. The summed E-state index contributed by atoms with van der Waals surface area (Å²) in [5, 5.41) is 4.90. The van der Waals surface area contributed by atoms with E-state index in [4.69, 9.17) is 11.6 Å². The van der Waals surface area contributed by atoms with Crippen molar-refractivity contribution in [3.8, 4) is 0 Å². The van der Waals surface area contributed by atoms with E-state index in [0.29, 0.717) is 0 Å². The topological polar surface area (TPSA) is 0 Å². The first-order valence-corrected chi connectivity index (χ1v) is 5.91. The summed E-state index contributed by atoms with van der Waals surface area (Å²) in [5.41, 5.74) is 1.31. The smallest absolute Gasteiger partial charge is 0.0591 e. The Morgan fingerprint density at radius 3 is 3.00 bits per heavy atom. The van der Waals surface area contributed by atoms with Gasteiger partial charge in [-0.2, -0.15) is 0 Å². The number of rotatable bonds is 1. The Bertz CT molecular complexity index is 408. The molecule has 0 saturated heterocycles. The molecule has 0 aliphatic heterocycles. The summed E-state index contributed by atoms with van der Waals surface area (Å²) in [6.07, 6.45) is 0. The van der Waals surface area contributed by atoms with Crippen LogP contribution in [0.1, 0.15) is 5.56 Å². The highest BCUT2D eigenvalue weighted by Gasteiger charge is 2.04. The molecular formula is C9H6BrClS. The molecule has 0 N–H and O–H groups in total. The minimum absolute atomic E-state index is 0.859. The molecule has 0 atom stereocenters. The zero-order valence-electron chi connectivity index (χ0n) is 6.18.